The molecule has 4 nitrogen and oxygen atoms in total. The highest BCUT2D eigenvalue weighted by Crippen LogP contribution is 1.99. The number of thioether (sulfide) groups is 1. The first-order valence-corrected chi connectivity index (χ1v) is 4.95. The van der Waals surface area contributed by atoms with Gasteiger partial charge in [-0.05, 0) is 18.4 Å². The topological polar surface area (TPSA) is 61.4 Å². The first kappa shape index (κ1) is 11.3. The van der Waals surface area contributed by atoms with Gasteiger partial charge in [-0.1, -0.05) is 6.58 Å². The molecule has 0 aromatic heterocycles. The van der Waals surface area contributed by atoms with E-state index < -0.39 is 12.0 Å². The van der Waals surface area contributed by atoms with Crippen molar-refractivity contribution in [2.24, 2.45) is 0 Å². The highest BCUT2D eigenvalue weighted by Gasteiger charge is 2.14. The zero-order valence-electron chi connectivity index (χ0n) is 7.04. The van der Waals surface area contributed by atoms with Crippen molar-refractivity contribution >= 4 is 17.7 Å². The average molecular weight is 190 g/mol. The van der Waals surface area contributed by atoms with Crippen molar-refractivity contribution in [1.29, 1.82) is 0 Å². The summed E-state index contributed by atoms with van der Waals surface area (Å²) in [6.45, 7) is 3.40. The Labute approximate surface area is 76.4 Å². The molecule has 0 spiro atoms. The summed E-state index contributed by atoms with van der Waals surface area (Å²) in [7, 11) is 0. The van der Waals surface area contributed by atoms with Gasteiger partial charge in [0.05, 0.1) is 0 Å². The van der Waals surface area contributed by atoms with E-state index in [0.29, 0.717) is 6.42 Å². The molecule has 0 saturated carbocycles. The van der Waals surface area contributed by atoms with Crippen LogP contribution in [0.1, 0.15) is 6.42 Å². The van der Waals surface area contributed by atoms with Gasteiger partial charge in [-0.2, -0.15) is 11.8 Å². The minimum absolute atomic E-state index is 0.546. The lowest BCUT2D eigenvalue weighted by Gasteiger charge is -2.12. The van der Waals surface area contributed by atoms with Crippen molar-refractivity contribution < 1.29 is 9.90 Å². The lowest BCUT2D eigenvalue weighted by molar-refractivity contribution is -0.139. The maximum Gasteiger partial charge on any atom is 0.322 e. The Morgan fingerprint density at radius 3 is 2.92 bits per heavy atom. The third kappa shape index (κ3) is 5.03. The van der Waals surface area contributed by atoms with E-state index in [-0.39, 0.29) is 0 Å². The fourth-order valence-electron chi connectivity index (χ4n) is 0.653. The Bertz CT molecular complexity index is 152. The lowest BCUT2D eigenvalue weighted by atomic mass is 10.2. The van der Waals surface area contributed by atoms with Crippen LogP contribution in [0.3, 0.4) is 0 Å². The van der Waals surface area contributed by atoms with E-state index in [1.807, 2.05) is 6.26 Å². The number of carbonyl (C=O) groups is 1. The summed E-state index contributed by atoms with van der Waals surface area (Å²) in [4.78, 5) is 10.6. The van der Waals surface area contributed by atoms with Gasteiger partial charge < -0.3 is 10.5 Å². The van der Waals surface area contributed by atoms with Crippen LogP contribution in [0.15, 0.2) is 12.8 Å². The van der Waals surface area contributed by atoms with Gasteiger partial charge in [0.2, 0.25) is 0 Å². The number of rotatable bonds is 7. The molecule has 0 aromatic carbocycles. The average Bonchev–Trinajstić information content (AvgIpc) is 2.04. The Kier molecular flexibility index (Phi) is 6.60. The second kappa shape index (κ2) is 7.00. The second-order valence-corrected chi connectivity index (χ2v) is 3.15. The quantitative estimate of drug-likeness (QED) is 0.508. The molecule has 0 saturated heterocycles. The Balaban J connectivity index is 3.69. The molecule has 0 radical (unpaired) electrons. The Morgan fingerprint density at radius 1 is 1.83 bits per heavy atom. The van der Waals surface area contributed by atoms with E-state index in [1.165, 1.54) is 6.20 Å². The number of hydrogen-bond donors (Lipinski definition) is 3. The maximum atomic E-state index is 10.6. The second-order valence-electron chi connectivity index (χ2n) is 2.17. The third-order valence-electron chi connectivity index (χ3n) is 1.27. The number of hydrogen-bond acceptors (Lipinski definition) is 4. The first-order valence-electron chi connectivity index (χ1n) is 3.56. The van der Waals surface area contributed by atoms with Crippen molar-refractivity contribution in [2.45, 2.75) is 12.5 Å². The molecule has 0 rings (SSSR count). The van der Waals surface area contributed by atoms with Gasteiger partial charge in [0.25, 0.3) is 0 Å². The number of hydrazine groups is 1. The Morgan fingerprint density at radius 2 is 2.50 bits per heavy atom. The summed E-state index contributed by atoms with van der Waals surface area (Å²) >= 11 is 1.62. The maximum absolute atomic E-state index is 10.6. The van der Waals surface area contributed by atoms with Crippen LogP contribution >= 0.6 is 11.8 Å². The summed E-state index contributed by atoms with van der Waals surface area (Å²) in [5.41, 5.74) is 5.19. The van der Waals surface area contributed by atoms with Crippen LogP contribution < -0.4 is 10.9 Å². The minimum atomic E-state index is -0.849. The fraction of sp³-hybridized carbons (Fsp3) is 0.571. The van der Waals surface area contributed by atoms with E-state index in [0.717, 1.165) is 5.75 Å². The van der Waals surface area contributed by atoms with Gasteiger partial charge in [0.15, 0.2) is 0 Å². The molecule has 1 atom stereocenters. The molecule has 12 heavy (non-hydrogen) atoms. The van der Waals surface area contributed by atoms with E-state index in [1.54, 1.807) is 11.8 Å². The Hall–Kier alpha value is -0.680. The smallest absolute Gasteiger partial charge is 0.322 e. The predicted molar refractivity (Wildman–Crippen MR) is 50.9 cm³/mol. The molecule has 70 valence electrons. The molecule has 0 aliphatic rings. The molecule has 0 aliphatic heterocycles. The van der Waals surface area contributed by atoms with Gasteiger partial charge >= 0.3 is 5.97 Å². The summed E-state index contributed by atoms with van der Waals surface area (Å²) in [6, 6.07) is -0.546. The van der Waals surface area contributed by atoms with Crippen molar-refractivity contribution in [3.05, 3.63) is 12.8 Å². The minimum Gasteiger partial charge on any atom is -0.480 e. The van der Waals surface area contributed by atoms with E-state index >= 15 is 0 Å². The first-order chi connectivity index (χ1) is 5.72. The molecule has 0 fully saturated rings. The summed E-state index contributed by atoms with van der Waals surface area (Å²) < 4.78 is 0. The molecule has 0 aliphatic carbocycles. The van der Waals surface area contributed by atoms with Crippen LogP contribution in [-0.2, 0) is 4.79 Å². The van der Waals surface area contributed by atoms with Crippen molar-refractivity contribution in [2.75, 3.05) is 12.0 Å². The van der Waals surface area contributed by atoms with Gasteiger partial charge in [0, 0.05) is 6.20 Å². The third-order valence-corrected chi connectivity index (χ3v) is 1.91. The number of nitrogens with one attached hydrogen (secondary N) is 2. The molecule has 3 N–H and O–H groups in total. The highest BCUT2D eigenvalue weighted by atomic mass is 32.2. The van der Waals surface area contributed by atoms with Crippen LogP contribution in [0.2, 0.25) is 0 Å². The number of carboxylic acid groups (broad SMARTS) is 1. The van der Waals surface area contributed by atoms with Gasteiger partial charge in [-0.15, -0.1) is 0 Å². The zero-order valence-corrected chi connectivity index (χ0v) is 7.86. The standard InChI is InChI=1S/C7H14N2O2S/c1-3-8-9-6(7(10)11)4-5-12-2/h3,6,8-9H,1,4-5H2,2H3,(H,10,11). The van der Waals surface area contributed by atoms with Crippen molar-refractivity contribution in [3.63, 3.8) is 0 Å². The summed E-state index contributed by atoms with van der Waals surface area (Å²) in [5, 5.41) is 8.68. The van der Waals surface area contributed by atoms with E-state index in [9.17, 15) is 4.79 Å². The molecular formula is C7H14N2O2S. The van der Waals surface area contributed by atoms with Gasteiger partial charge in [-0.25, -0.2) is 5.43 Å². The van der Waals surface area contributed by atoms with Crippen molar-refractivity contribution in [1.82, 2.24) is 10.9 Å². The predicted octanol–water partition coefficient (Wildman–Crippen LogP) is 0.430. The lowest BCUT2D eigenvalue weighted by Crippen LogP contribution is -2.43. The highest BCUT2D eigenvalue weighted by molar-refractivity contribution is 7.98. The SMILES string of the molecule is C=CNNC(CCSC)C(=O)O. The van der Waals surface area contributed by atoms with Gasteiger partial charge in [0.1, 0.15) is 6.04 Å². The van der Waals surface area contributed by atoms with Crippen molar-refractivity contribution in [3.8, 4) is 0 Å². The monoisotopic (exact) mass is 190 g/mol. The molecule has 0 bridgehead atoms. The van der Waals surface area contributed by atoms with E-state index in [2.05, 4.69) is 17.4 Å². The molecular weight excluding hydrogens is 176 g/mol. The van der Waals surface area contributed by atoms with Crippen LogP contribution in [0.25, 0.3) is 0 Å². The van der Waals surface area contributed by atoms with Crippen LogP contribution in [0, 0.1) is 0 Å². The number of carboxylic acids is 1. The summed E-state index contributed by atoms with van der Waals surface area (Å²) in [5.74, 6) is -0.0265. The largest absolute Gasteiger partial charge is 0.480 e. The number of aliphatic carboxylic acids is 1. The zero-order chi connectivity index (χ0) is 9.40. The van der Waals surface area contributed by atoms with Gasteiger partial charge in [-0.3, -0.25) is 4.79 Å². The molecule has 0 heterocycles. The molecule has 5 heteroatoms. The van der Waals surface area contributed by atoms with Crippen LogP contribution in [0.4, 0.5) is 0 Å². The molecule has 0 amide bonds. The normalized spacial score (nSPS) is 12.1. The molecule has 1 unspecified atom stereocenters. The summed E-state index contributed by atoms with van der Waals surface area (Å²) in [6.07, 6.45) is 3.95. The molecule has 0 aromatic rings. The van der Waals surface area contributed by atoms with E-state index in [4.69, 9.17) is 5.11 Å². The van der Waals surface area contributed by atoms with Crippen LogP contribution in [0.5, 0.6) is 0 Å². The van der Waals surface area contributed by atoms with Crippen LogP contribution in [-0.4, -0.2) is 29.1 Å². The fourth-order valence-corrected chi connectivity index (χ4v) is 1.12.